The molecule has 0 aliphatic heterocycles. The van der Waals surface area contributed by atoms with Gasteiger partial charge in [0.2, 0.25) is 0 Å². The van der Waals surface area contributed by atoms with Crippen LogP contribution in [0, 0.1) is 19.7 Å². The Balaban J connectivity index is 1.37. The molecule has 0 atom stereocenters. The number of amides is 2. The SMILES string of the molecule is COc1cc(C(=O)NNC(=O)c2ccc(-c3ccc(F)cc3)s2)ccc1OCc1c(C)noc1C. The van der Waals surface area contributed by atoms with Crippen LogP contribution in [0.4, 0.5) is 4.39 Å². The molecule has 2 aromatic carbocycles. The summed E-state index contributed by atoms with van der Waals surface area (Å²) in [7, 11) is 1.47. The van der Waals surface area contributed by atoms with E-state index < -0.39 is 11.8 Å². The summed E-state index contributed by atoms with van der Waals surface area (Å²) in [5.41, 5.74) is 7.44. The lowest BCUT2D eigenvalue weighted by Gasteiger charge is -2.12. The number of rotatable bonds is 7. The first-order chi connectivity index (χ1) is 16.9. The van der Waals surface area contributed by atoms with E-state index >= 15 is 0 Å². The quantitative estimate of drug-likeness (QED) is 0.357. The summed E-state index contributed by atoms with van der Waals surface area (Å²) >= 11 is 1.23. The van der Waals surface area contributed by atoms with Crippen LogP contribution in [-0.4, -0.2) is 24.1 Å². The second kappa shape index (κ2) is 10.4. The number of nitrogens with one attached hydrogen (secondary N) is 2. The highest BCUT2D eigenvalue weighted by atomic mass is 32.1. The molecule has 180 valence electrons. The van der Waals surface area contributed by atoms with E-state index in [2.05, 4.69) is 16.0 Å². The number of nitrogens with zero attached hydrogens (tertiary/aromatic N) is 1. The van der Waals surface area contributed by atoms with Gasteiger partial charge in [0.1, 0.15) is 18.2 Å². The highest BCUT2D eigenvalue weighted by Crippen LogP contribution is 2.30. The molecule has 0 aliphatic rings. The van der Waals surface area contributed by atoms with Crippen molar-refractivity contribution in [2.75, 3.05) is 7.11 Å². The number of benzene rings is 2. The zero-order valence-corrected chi connectivity index (χ0v) is 20.0. The summed E-state index contributed by atoms with van der Waals surface area (Å²) in [6.45, 7) is 3.87. The van der Waals surface area contributed by atoms with E-state index in [0.717, 1.165) is 21.7 Å². The second-order valence-electron chi connectivity index (χ2n) is 7.54. The van der Waals surface area contributed by atoms with Crippen molar-refractivity contribution in [1.29, 1.82) is 0 Å². The molecule has 0 bridgehead atoms. The first kappa shape index (κ1) is 24.0. The zero-order valence-electron chi connectivity index (χ0n) is 19.2. The van der Waals surface area contributed by atoms with Crippen LogP contribution in [0.25, 0.3) is 10.4 Å². The van der Waals surface area contributed by atoms with E-state index in [1.807, 2.05) is 6.92 Å². The van der Waals surface area contributed by atoms with Gasteiger partial charge in [-0.2, -0.15) is 0 Å². The Morgan fingerprint density at radius 2 is 1.74 bits per heavy atom. The molecule has 0 aliphatic carbocycles. The Labute approximate surface area is 204 Å². The fourth-order valence-corrected chi connectivity index (χ4v) is 4.17. The molecule has 4 rings (SSSR count). The van der Waals surface area contributed by atoms with Crippen LogP contribution >= 0.6 is 11.3 Å². The van der Waals surface area contributed by atoms with Crippen LogP contribution in [0.3, 0.4) is 0 Å². The Morgan fingerprint density at radius 3 is 2.43 bits per heavy atom. The van der Waals surface area contributed by atoms with E-state index in [-0.39, 0.29) is 18.0 Å². The summed E-state index contributed by atoms with van der Waals surface area (Å²) in [4.78, 5) is 26.3. The first-order valence-electron chi connectivity index (χ1n) is 10.5. The Morgan fingerprint density at radius 1 is 1.00 bits per heavy atom. The van der Waals surface area contributed by atoms with Crippen molar-refractivity contribution >= 4 is 23.2 Å². The molecule has 2 N–H and O–H groups in total. The van der Waals surface area contributed by atoms with Gasteiger partial charge in [0.05, 0.1) is 23.2 Å². The fraction of sp³-hybridized carbons (Fsp3) is 0.160. The molecule has 4 aromatic rings. The molecular weight excluding hydrogens is 473 g/mol. The van der Waals surface area contributed by atoms with Crippen LogP contribution in [0.1, 0.15) is 37.0 Å². The van der Waals surface area contributed by atoms with Gasteiger partial charge in [-0.3, -0.25) is 20.4 Å². The molecule has 0 radical (unpaired) electrons. The number of halogens is 1. The van der Waals surface area contributed by atoms with Gasteiger partial charge in [-0.15, -0.1) is 11.3 Å². The summed E-state index contributed by atoms with van der Waals surface area (Å²) in [5.74, 6) is 0.150. The maximum Gasteiger partial charge on any atom is 0.279 e. The third-order valence-corrected chi connectivity index (χ3v) is 6.36. The first-order valence-corrected chi connectivity index (χ1v) is 11.4. The number of methoxy groups -OCH3 is 1. The Kier molecular flexibility index (Phi) is 7.11. The van der Waals surface area contributed by atoms with Crippen molar-refractivity contribution < 1.29 is 28.0 Å². The average molecular weight is 496 g/mol. The monoisotopic (exact) mass is 495 g/mol. The van der Waals surface area contributed by atoms with Gasteiger partial charge >= 0.3 is 0 Å². The van der Waals surface area contributed by atoms with Gasteiger partial charge in [-0.1, -0.05) is 17.3 Å². The lowest BCUT2D eigenvalue weighted by Crippen LogP contribution is -2.41. The van der Waals surface area contributed by atoms with Crippen LogP contribution < -0.4 is 20.3 Å². The number of ether oxygens (including phenoxy) is 2. The maximum absolute atomic E-state index is 13.1. The average Bonchev–Trinajstić information content (AvgIpc) is 3.48. The Hall–Kier alpha value is -4.18. The molecular formula is C25H22FN3O5S. The van der Waals surface area contributed by atoms with Crippen LogP contribution in [0.2, 0.25) is 0 Å². The predicted octanol–water partition coefficient (Wildman–Crippen LogP) is 4.82. The maximum atomic E-state index is 13.1. The summed E-state index contributed by atoms with van der Waals surface area (Å²) in [6.07, 6.45) is 0. The van der Waals surface area contributed by atoms with Crippen molar-refractivity contribution in [3.8, 4) is 21.9 Å². The van der Waals surface area contributed by atoms with E-state index in [0.29, 0.717) is 22.1 Å². The molecule has 0 unspecified atom stereocenters. The zero-order chi connectivity index (χ0) is 24.9. The second-order valence-corrected chi connectivity index (χ2v) is 8.62. The van der Waals surface area contributed by atoms with Gasteiger partial charge in [0.25, 0.3) is 11.8 Å². The van der Waals surface area contributed by atoms with Crippen molar-refractivity contribution in [1.82, 2.24) is 16.0 Å². The molecule has 10 heteroatoms. The number of aromatic nitrogens is 1. The topological polar surface area (TPSA) is 103 Å². The third kappa shape index (κ3) is 5.49. The number of carbonyl (C=O) groups excluding carboxylic acids is 2. The minimum Gasteiger partial charge on any atom is -0.493 e. The standard InChI is InChI=1S/C25H22FN3O5S/c1-14-19(15(2)34-29-14)13-33-20-9-6-17(12-21(20)32-3)24(30)27-28-25(31)23-11-10-22(35-23)16-4-7-18(26)8-5-16/h4-12H,13H2,1-3H3,(H,27,30)(H,28,31). The number of thiophene rings is 1. The normalized spacial score (nSPS) is 10.6. The van der Waals surface area contributed by atoms with Gasteiger partial charge in [0.15, 0.2) is 11.5 Å². The number of carbonyl (C=O) groups is 2. The van der Waals surface area contributed by atoms with E-state index in [1.54, 1.807) is 43.3 Å². The summed E-state index contributed by atoms with van der Waals surface area (Å²) in [6, 6.07) is 14.1. The molecule has 0 saturated heterocycles. The molecule has 2 heterocycles. The van der Waals surface area contributed by atoms with Gasteiger partial charge < -0.3 is 14.0 Å². The highest BCUT2D eigenvalue weighted by Gasteiger charge is 2.16. The molecule has 2 amide bonds. The van der Waals surface area contributed by atoms with Crippen LogP contribution in [-0.2, 0) is 6.61 Å². The van der Waals surface area contributed by atoms with Crippen LogP contribution in [0.15, 0.2) is 59.1 Å². The van der Waals surface area contributed by atoms with Gasteiger partial charge in [-0.25, -0.2) is 4.39 Å². The van der Waals surface area contributed by atoms with Crippen molar-refractivity contribution in [2.45, 2.75) is 20.5 Å². The van der Waals surface area contributed by atoms with Crippen molar-refractivity contribution in [2.24, 2.45) is 0 Å². The van der Waals surface area contributed by atoms with Gasteiger partial charge in [0, 0.05) is 10.4 Å². The minimum atomic E-state index is -0.524. The van der Waals surface area contributed by atoms with Crippen molar-refractivity contribution in [3.05, 3.63) is 87.9 Å². The van der Waals surface area contributed by atoms with E-state index in [9.17, 15) is 14.0 Å². The molecule has 0 saturated carbocycles. The highest BCUT2D eigenvalue weighted by molar-refractivity contribution is 7.17. The lowest BCUT2D eigenvalue weighted by atomic mass is 10.2. The molecule has 8 nitrogen and oxygen atoms in total. The fourth-order valence-electron chi connectivity index (χ4n) is 3.26. The number of hydrogen-bond donors (Lipinski definition) is 2. The van der Waals surface area contributed by atoms with E-state index in [4.69, 9.17) is 14.0 Å². The number of aryl methyl sites for hydroxylation is 2. The molecule has 0 fully saturated rings. The third-order valence-electron chi connectivity index (χ3n) is 5.23. The van der Waals surface area contributed by atoms with E-state index in [1.165, 1.54) is 36.6 Å². The van der Waals surface area contributed by atoms with Crippen molar-refractivity contribution in [3.63, 3.8) is 0 Å². The number of hydrazine groups is 1. The molecule has 0 spiro atoms. The lowest BCUT2D eigenvalue weighted by molar-refractivity contribution is 0.0848. The predicted molar refractivity (Wildman–Crippen MR) is 128 cm³/mol. The number of hydrogen-bond acceptors (Lipinski definition) is 7. The molecule has 2 aromatic heterocycles. The summed E-state index contributed by atoms with van der Waals surface area (Å²) < 4.78 is 29.4. The summed E-state index contributed by atoms with van der Waals surface area (Å²) in [5, 5.41) is 3.90. The largest absolute Gasteiger partial charge is 0.493 e. The Bertz CT molecular complexity index is 1340. The van der Waals surface area contributed by atoms with Crippen LogP contribution in [0.5, 0.6) is 11.5 Å². The smallest absolute Gasteiger partial charge is 0.279 e. The van der Waals surface area contributed by atoms with Gasteiger partial charge in [-0.05, 0) is 61.9 Å². The minimum absolute atomic E-state index is 0.236. The molecule has 35 heavy (non-hydrogen) atoms.